The first kappa shape index (κ1) is 14.6. The summed E-state index contributed by atoms with van der Waals surface area (Å²) in [4.78, 5) is 13.9. The molecule has 0 saturated heterocycles. The van der Waals surface area contributed by atoms with E-state index in [0.717, 1.165) is 13.1 Å². The number of hydrogen-bond donors (Lipinski definition) is 0. The molecule has 0 amide bonds. The number of carbonyl (C=O) groups excluding carboxylic acids is 1. The summed E-state index contributed by atoms with van der Waals surface area (Å²) in [5.41, 5.74) is 0.251. The van der Waals surface area contributed by atoms with Gasteiger partial charge in [0.15, 0.2) is 0 Å². The zero-order valence-corrected chi connectivity index (χ0v) is 11.1. The van der Waals surface area contributed by atoms with E-state index < -0.39 is 11.8 Å². The first-order chi connectivity index (χ1) is 8.56. The Morgan fingerprint density at radius 3 is 2.61 bits per heavy atom. The van der Waals surface area contributed by atoms with Crippen LogP contribution in [0.2, 0.25) is 0 Å². The molecule has 0 bridgehead atoms. The molecule has 0 N–H and O–H groups in total. The molecule has 18 heavy (non-hydrogen) atoms. The third-order valence-electron chi connectivity index (χ3n) is 2.78. The van der Waals surface area contributed by atoms with Crippen LogP contribution in [0.1, 0.15) is 31.1 Å². The lowest BCUT2D eigenvalue weighted by atomic mass is 10.2. The summed E-state index contributed by atoms with van der Waals surface area (Å²) >= 11 is 0. The first-order valence-electron chi connectivity index (χ1n) is 6.25. The van der Waals surface area contributed by atoms with E-state index in [4.69, 9.17) is 4.74 Å². The summed E-state index contributed by atoms with van der Waals surface area (Å²) in [5.74, 6) is -0.907. The van der Waals surface area contributed by atoms with Gasteiger partial charge in [0.05, 0.1) is 5.56 Å². The van der Waals surface area contributed by atoms with E-state index in [-0.39, 0.29) is 11.7 Å². The van der Waals surface area contributed by atoms with Gasteiger partial charge in [-0.1, -0.05) is 19.9 Å². The molecule has 1 aromatic rings. The molecule has 1 aromatic carbocycles. The third-order valence-corrected chi connectivity index (χ3v) is 2.78. The van der Waals surface area contributed by atoms with E-state index in [9.17, 15) is 9.18 Å². The van der Waals surface area contributed by atoms with Crippen LogP contribution in [0.25, 0.3) is 0 Å². The number of carbonyl (C=O) groups is 1. The standard InChI is InChI=1S/C14H20FNO2/c1-4-16(5-2)10-11(3)18-14(17)12-7-6-8-13(15)9-12/h6-9,11H,4-5,10H2,1-3H3. The molecular formula is C14H20FNO2. The zero-order valence-electron chi connectivity index (χ0n) is 11.1. The van der Waals surface area contributed by atoms with Gasteiger partial charge < -0.3 is 9.64 Å². The average Bonchev–Trinajstić information content (AvgIpc) is 2.35. The smallest absolute Gasteiger partial charge is 0.338 e. The van der Waals surface area contributed by atoms with Gasteiger partial charge in [0.25, 0.3) is 0 Å². The molecule has 100 valence electrons. The predicted octanol–water partition coefficient (Wildman–Crippen LogP) is 2.71. The van der Waals surface area contributed by atoms with Gasteiger partial charge in [-0.25, -0.2) is 9.18 Å². The van der Waals surface area contributed by atoms with E-state index in [1.54, 1.807) is 6.07 Å². The van der Waals surface area contributed by atoms with Crippen molar-refractivity contribution in [3.05, 3.63) is 35.6 Å². The summed E-state index contributed by atoms with van der Waals surface area (Å²) < 4.78 is 18.2. The lowest BCUT2D eigenvalue weighted by Gasteiger charge is -2.22. The number of hydrogen-bond acceptors (Lipinski definition) is 3. The van der Waals surface area contributed by atoms with Crippen molar-refractivity contribution in [2.24, 2.45) is 0 Å². The monoisotopic (exact) mass is 253 g/mol. The summed E-state index contributed by atoms with van der Waals surface area (Å²) in [6.07, 6.45) is -0.208. The van der Waals surface area contributed by atoms with Crippen LogP contribution in [0.3, 0.4) is 0 Å². The Morgan fingerprint density at radius 1 is 1.39 bits per heavy atom. The highest BCUT2D eigenvalue weighted by atomic mass is 19.1. The Balaban J connectivity index is 2.54. The van der Waals surface area contributed by atoms with Crippen molar-refractivity contribution < 1.29 is 13.9 Å². The van der Waals surface area contributed by atoms with Crippen molar-refractivity contribution in [3.8, 4) is 0 Å². The Labute approximate surface area is 108 Å². The number of esters is 1. The number of ether oxygens (including phenoxy) is 1. The second-order valence-corrected chi connectivity index (χ2v) is 4.21. The number of rotatable bonds is 6. The maximum absolute atomic E-state index is 13.0. The fraction of sp³-hybridized carbons (Fsp3) is 0.500. The van der Waals surface area contributed by atoms with Gasteiger partial charge in [-0.3, -0.25) is 0 Å². The van der Waals surface area contributed by atoms with Crippen molar-refractivity contribution in [2.45, 2.75) is 26.9 Å². The molecule has 1 unspecified atom stereocenters. The van der Waals surface area contributed by atoms with Gasteiger partial charge in [-0.15, -0.1) is 0 Å². The fourth-order valence-corrected chi connectivity index (χ4v) is 1.75. The van der Waals surface area contributed by atoms with E-state index in [1.165, 1.54) is 18.2 Å². The van der Waals surface area contributed by atoms with Crippen LogP contribution in [0, 0.1) is 5.82 Å². The predicted molar refractivity (Wildman–Crippen MR) is 69.1 cm³/mol. The van der Waals surface area contributed by atoms with E-state index in [2.05, 4.69) is 18.7 Å². The average molecular weight is 253 g/mol. The van der Waals surface area contributed by atoms with Gasteiger partial charge in [0.1, 0.15) is 11.9 Å². The van der Waals surface area contributed by atoms with Gasteiger partial charge in [0, 0.05) is 6.54 Å². The van der Waals surface area contributed by atoms with Crippen LogP contribution in [0.4, 0.5) is 4.39 Å². The van der Waals surface area contributed by atoms with E-state index in [0.29, 0.717) is 6.54 Å². The number of likely N-dealkylation sites (N-methyl/N-ethyl adjacent to an activating group) is 1. The Morgan fingerprint density at radius 2 is 2.06 bits per heavy atom. The maximum atomic E-state index is 13.0. The molecule has 3 nitrogen and oxygen atoms in total. The molecule has 4 heteroatoms. The van der Waals surface area contributed by atoms with Crippen molar-refractivity contribution in [1.29, 1.82) is 0 Å². The normalized spacial score (nSPS) is 12.5. The lowest BCUT2D eigenvalue weighted by Crippen LogP contribution is -2.33. The minimum Gasteiger partial charge on any atom is -0.458 e. The van der Waals surface area contributed by atoms with Crippen molar-refractivity contribution in [1.82, 2.24) is 4.90 Å². The summed E-state index contributed by atoms with van der Waals surface area (Å²) in [5, 5.41) is 0. The first-order valence-corrected chi connectivity index (χ1v) is 6.25. The number of nitrogens with zero attached hydrogens (tertiary/aromatic N) is 1. The molecular weight excluding hydrogens is 233 g/mol. The Kier molecular flexibility index (Phi) is 5.78. The minimum absolute atomic E-state index is 0.208. The second-order valence-electron chi connectivity index (χ2n) is 4.21. The molecule has 0 fully saturated rings. The van der Waals surface area contributed by atoms with Crippen LogP contribution >= 0.6 is 0 Å². The SMILES string of the molecule is CCN(CC)CC(C)OC(=O)c1cccc(F)c1. The topological polar surface area (TPSA) is 29.5 Å². The molecule has 0 aliphatic carbocycles. The summed E-state index contributed by atoms with van der Waals surface area (Å²) in [6, 6.07) is 5.54. The molecule has 0 saturated carbocycles. The molecule has 0 aliphatic rings. The van der Waals surface area contributed by atoms with Crippen LogP contribution in [-0.2, 0) is 4.74 Å². The van der Waals surface area contributed by atoms with Gasteiger partial charge in [-0.05, 0) is 38.2 Å². The number of halogens is 1. The van der Waals surface area contributed by atoms with E-state index >= 15 is 0 Å². The highest BCUT2D eigenvalue weighted by Gasteiger charge is 2.14. The summed E-state index contributed by atoms with van der Waals surface area (Å²) in [7, 11) is 0. The molecule has 0 radical (unpaired) electrons. The summed E-state index contributed by atoms with van der Waals surface area (Å²) in [6.45, 7) is 8.48. The Hall–Kier alpha value is -1.42. The van der Waals surface area contributed by atoms with Crippen molar-refractivity contribution >= 4 is 5.97 Å². The highest BCUT2D eigenvalue weighted by Crippen LogP contribution is 2.07. The lowest BCUT2D eigenvalue weighted by molar-refractivity contribution is 0.0260. The minimum atomic E-state index is -0.478. The molecule has 0 aliphatic heterocycles. The van der Waals surface area contributed by atoms with E-state index in [1.807, 2.05) is 6.92 Å². The maximum Gasteiger partial charge on any atom is 0.338 e. The highest BCUT2D eigenvalue weighted by molar-refractivity contribution is 5.89. The quantitative estimate of drug-likeness (QED) is 0.730. The van der Waals surface area contributed by atoms with Crippen LogP contribution in [-0.4, -0.2) is 36.6 Å². The molecule has 0 spiro atoms. The molecule has 1 atom stereocenters. The van der Waals surface area contributed by atoms with Crippen LogP contribution in [0.5, 0.6) is 0 Å². The number of benzene rings is 1. The second kappa shape index (κ2) is 7.11. The van der Waals surface area contributed by atoms with Gasteiger partial charge >= 0.3 is 5.97 Å². The largest absolute Gasteiger partial charge is 0.458 e. The van der Waals surface area contributed by atoms with Crippen molar-refractivity contribution in [2.75, 3.05) is 19.6 Å². The van der Waals surface area contributed by atoms with Gasteiger partial charge in [0.2, 0.25) is 0 Å². The van der Waals surface area contributed by atoms with Crippen LogP contribution < -0.4 is 0 Å². The zero-order chi connectivity index (χ0) is 13.5. The Bertz CT molecular complexity index is 391. The van der Waals surface area contributed by atoms with Gasteiger partial charge in [-0.2, -0.15) is 0 Å². The molecule has 0 aromatic heterocycles. The molecule has 0 heterocycles. The fourth-order valence-electron chi connectivity index (χ4n) is 1.75. The molecule has 1 rings (SSSR count). The van der Waals surface area contributed by atoms with Crippen molar-refractivity contribution in [3.63, 3.8) is 0 Å². The van der Waals surface area contributed by atoms with Crippen LogP contribution in [0.15, 0.2) is 24.3 Å². The third kappa shape index (κ3) is 4.45.